The van der Waals surface area contributed by atoms with Crippen LogP contribution < -0.4 is 4.74 Å². The molecule has 1 aliphatic rings. The maximum atomic E-state index is 5.45. The number of para-hydroxylation sites is 1. The van der Waals surface area contributed by atoms with E-state index in [2.05, 4.69) is 31.2 Å². The molecule has 0 saturated heterocycles. The minimum absolute atomic E-state index is 0.704. The van der Waals surface area contributed by atoms with Crippen LogP contribution in [-0.4, -0.2) is 7.11 Å². The number of ether oxygens (including phenoxy) is 1. The van der Waals surface area contributed by atoms with E-state index in [0.29, 0.717) is 5.92 Å². The summed E-state index contributed by atoms with van der Waals surface area (Å²) in [5, 5.41) is 0. The van der Waals surface area contributed by atoms with Gasteiger partial charge in [-0.1, -0.05) is 58.2 Å². The summed E-state index contributed by atoms with van der Waals surface area (Å²) < 4.78 is 5.45. The number of methoxy groups -OCH3 is 1. The summed E-state index contributed by atoms with van der Waals surface area (Å²) in [7, 11) is 1.77. The molecule has 1 aromatic rings. The van der Waals surface area contributed by atoms with Gasteiger partial charge in [0.25, 0.3) is 0 Å². The van der Waals surface area contributed by atoms with E-state index in [-0.39, 0.29) is 0 Å². The number of hydrogen-bond donors (Lipinski definition) is 0. The molecule has 1 fully saturated rings. The standard InChI is InChI=1S/C14H20O.C2H6/c1-11-7-3-4-8-12(11)13-9-5-6-10-14(13)15-2;1-2/h5-6,9-12H,3-4,7-8H2,1-2H3;1-2H3. The zero-order valence-electron chi connectivity index (χ0n) is 11.7. The summed E-state index contributed by atoms with van der Waals surface area (Å²) in [6, 6.07) is 8.48. The molecule has 1 saturated carbocycles. The van der Waals surface area contributed by atoms with Crippen LogP contribution in [0.25, 0.3) is 0 Å². The third-order valence-electron chi connectivity index (χ3n) is 3.65. The zero-order chi connectivity index (χ0) is 12.7. The molecule has 0 amide bonds. The lowest BCUT2D eigenvalue weighted by molar-refractivity contribution is 0.318. The third kappa shape index (κ3) is 3.49. The SMILES string of the molecule is CC.COc1ccccc1C1CCCCC1C. The molecule has 0 aliphatic heterocycles. The van der Waals surface area contributed by atoms with E-state index < -0.39 is 0 Å². The first kappa shape index (κ1) is 14.1. The molecule has 0 bridgehead atoms. The minimum atomic E-state index is 0.704. The second kappa shape index (κ2) is 7.37. The van der Waals surface area contributed by atoms with Crippen LogP contribution in [0.1, 0.15) is 57.9 Å². The van der Waals surface area contributed by atoms with E-state index in [1.165, 1.54) is 31.2 Å². The van der Waals surface area contributed by atoms with Crippen LogP contribution >= 0.6 is 0 Å². The highest BCUT2D eigenvalue weighted by molar-refractivity contribution is 5.36. The Morgan fingerprint density at radius 2 is 1.71 bits per heavy atom. The third-order valence-corrected chi connectivity index (χ3v) is 3.65. The van der Waals surface area contributed by atoms with Crippen molar-refractivity contribution in [3.05, 3.63) is 29.8 Å². The molecule has 1 aromatic carbocycles. The second-order valence-electron chi connectivity index (χ2n) is 4.61. The fraction of sp³-hybridized carbons (Fsp3) is 0.625. The van der Waals surface area contributed by atoms with Gasteiger partial charge >= 0.3 is 0 Å². The maximum absolute atomic E-state index is 5.45. The molecule has 96 valence electrons. The molecule has 17 heavy (non-hydrogen) atoms. The minimum Gasteiger partial charge on any atom is -0.496 e. The number of rotatable bonds is 2. The van der Waals surface area contributed by atoms with Gasteiger partial charge in [-0.2, -0.15) is 0 Å². The Balaban J connectivity index is 0.000000686. The predicted molar refractivity (Wildman–Crippen MR) is 74.7 cm³/mol. The van der Waals surface area contributed by atoms with Crippen molar-refractivity contribution in [2.24, 2.45) is 5.92 Å². The fourth-order valence-corrected chi connectivity index (χ4v) is 2.75. The molecule has 0 aromatic heterocycles. The van der Waals surface area contributed by atoms with Crippen molar-refractivity contribution in [3.63, 3.8) is 0 Å². The zero-order valence-corrected chi connectivity index (χ0v) is 11.7. The molecule has 1 aliphatic carbocycles. The van der Waals surface area contributed by atoms with Gasteiger partial charge in [0.2, 0.25) is 0 Å². The molecule has 0 radical (unpaired) electrons. The Bertz CT molecular complexity index is 319. The van der Waals surface area contributed by atoms with Crippen molar-refractivity contribution < 1.29 is 4.74 Å². The first-order valence-corrected chi connectivity index (χ1v) is 6.96. The highest BCUT2D eigenvalue weighted by Gasteiger charge is 2.24. The van der Waals surface area contributed by atoms with Crippen LogP contribution in [-0.2, 0) is 0 Å². The Kier molecular flexibility index (Phi) is 6.10. The van der Waals surface area contributed by atoms with Crippen LogP contribution in [0.5, 0.6) is 5.75 Å². The van der Waals surface area contributed by atoms with Crippen LogP contribution in [0.4, 0.5) is 0 Å². The van der Waals surface area contributed by atoms with Crippen LogP contribution in [0.15, 0.2) is 24.3 Å². The summed E-state index contributed by atoms with van der Waals surface area (Å²) in [6.07, 6.45) is 5.45. The predicted octanol–water partition coefficient (Wildman–Crippen LogP) is 5.02. The van der Waals surface area contributed by atoms with Gasteiger partial charge in [-0.25, -0.2) is 0 Å². The van der Waals surface area contributed by atoms with Gasteiger partial charge in [-0.3, -0.25) is 0 Å². The Labute approximate surface area is 106 Å². The molecule has 1 heteroatoms. The lowest BCUT2D eigenvalue weighted by Crippen LogP contribution is -2.15. The van der Waals surface area contributed by atoms with Gasteiger partial charge in [0.05, 0.1) is 7.11 Å². The molecular weight excluding hydrogens is 208 g/mol. The van der Waals surface area contributed by atoms with E-state index in [4.69, 9.17) is 4.74 Å². The lowest BCUT2D eigenvalue weighted by atomic mass is 9.76. The molecule has 2 atom stereocenters. The normalized spacial score (nSPS) is 23.5. The smallest absolute Gasteiger partial charge is 0.122 e. The Morgan fingerprint density at radius 3 is 2.35 bits per heavy atom. The van der Waals surface area contributed by atoms with Gasteiger partial charge < -0.3 is 4.74 Å². The summed E-state index contributed by atoms with van der Waals surface area (Å²) in [5.41, 5.74) is 1.41. The van der Waals surface area contributed by atoms with Crippen molar-refractivity contribution in [1.29, 1.82) is 0 Å². The van der Waals surface area contributed by atoms with E-state index in [0.717, 1.165) is 11.7 Å². The van der Waals surface area contributed by atoms with Crippen molar-refractivity contribution in [2.45, 2.75) is 52.4 Å². The first-order valence-electron chi connectivity index (χ1n) is 6.96. The summed E-state index contributed by atoms with van der Waals surface area (Å²) in [6.45, 7) is 6.37. The molecule has 1 nitrogen and oxygen atoms in total. The van der Waals surface area contributed by atoms with Crippen LogP contribution in [0.3, 0.4) is 0 Å². The quantitative estimate of drug-likeness (QED) is 0.698. The monoisotopic (exact) mass is 234 g/mol. The van der Waals surface area contributed by atoms with Crippen LogP contribution in [0, 0.1) is 5.92 Å². The Morgan fingerprint density at radius 1 is 1.06 bits per heavy atom. The molecular formula is C16H26O. The van der Waals surface area contributed by atoms with Crippen molar-refractivity contribution in [3.8, 4) is 5.75 Å². The van der Waals surface area contributed by atoms with Gasteiger partial charge in [0.1, 0.15) is 5.75 Å². The molecule has 2 unspecified atom stereocenters. The van der Waals surface area contributed by atoms with Gasteiger partial charge in [-0.15, -0.1) is 0 Å². The first-order chi connectivity index (χ1) is 8.33. The molecule has 0 heterocycles. The van der Waals surface area contributed by atoms with Crippen molar-refractivity contribution in [1.82, 2.24) is 0 Å². The largest absolute Gasteiger partial charge is 0.496 e. The van der Waals surface area contributed by atoms with Gasteiger partial charge in [0.15, 0.2) is 0 Å². The van der Waals surface area contributed by atoms with Gasteiger partial charge in [0, 0.05) is 0 Å². The van der Waals surface area contributed by atoms with E-state index in [1.807, 2.05) is 13.8 Å². The second-order valence-corrected chi connectivity index (χ2v) is 4.61. The average molecular weight is 234 g/mol. The number of benzene rings is 1. The molecule has 2 rings (SSSR count). The highest BCUT2D eigenvalue weighted by atomic mass is 16.5. The highest BCUT2D eigenvalue weighted by Crippen LogP contribution is 2.40. The van der Waals surface area contributed by atoms with Gasteiger partial charge in [-0.05, 0) is 29.9 Å². The van der Waals surface area contributed by atoms with Crippen LogP contribution in [0.2, 0.25) is 0 Å². The average Bonchev–Trinajstić information content (AvgIpc) is 2.41. The summed E-state index contributed by atoms with van der Waals surface area (Å²) in [5.74, 6) is 2.57. The van der Waals surface area contributed by atoms with E-state index >= 15 is 0 Å². The maximum Gasteiger partial charge on any atom is 0.122 e. The van der Waals surface area contributed by atoms with Crippen molar-refractivity contribution in [2.75, 3.05) is 7.11 Å². The Hall–Kier alpha value is -0.980. The number of hydrogen-bond acceptors (Lipinski definition) is 1. The molecule has 0 spiro atoms. The summed E-state index contributed by atoms with van der Waals surface area (Å²) >= 11 is 0. The molecule has 0 N–H and O–H groups in total. The van der Waals surface area contributed by atoms with E-state index in [1.54, 1.807) is 7.11 Å². The summed E-state index contributed by atoms with van der Waals surface area (Å²) in [4.78, 5) is 0. The van der Waals surface area contributed by atoms with Crippen molar-refractivity contribution >= 4 is 0 Å². The lowest BCUT2D eigenvalue weighted by Gasteiger charge is -2.30. The topological polar surface area (TPSA) is 9.23 Å². The fourth-order valence-electron chi connectivity index (χ4n) is 2.75. The van der Waals surface area contributed by atoms with E-state index in [9.17, 15) is 0 Å².